The second kappa shape index (κ2) is 2.84. The van der Waals surface area contributed by atoms with Crippen LogP contribution in [-0.2, 0) is 9.59 Å². The molecule has 0 bridgehead atoms. The first-order valence-corrected chi connectivity index (χ1v) is 3.33. The minimum atomic E-state index is -0.664. The Hall–Kier alpha value is -1.16. The molecule has 0 fully saturated rings. The molecular formula is C7H9NO3. The van der Waals surface area contributed by atoms with E-state index in [1.54, 1.807) is 0 Å². The molecule has 0 spiro atoms. The van der Waals surface area contributed by atoms with E-state index < -0.39 is 6.10 Å². The largest absolute Gasteiger partial charge is 0.392 e. The fourth-order valence-electron chi connectivity index (χ4n) is 0.875. The third-order valence-electron chi connectivity index (χ3n) is 1.35. The molecule has 0 unspecified atom stereocenters. The van der Waals surface area contributed by atoms with E-state index in [2.05, 4.69) is 0 Å². The highest BCUT2D eigenvalue weighted by molar-refractivity contribution is 6.12. The molecule has 0 aromatic heterocycles. The van der Waals surface area contributed by atoms with E-state index in [1.807, 2.05) is 0 Å². The second-order valence-corrected chi connectivity index (χ2v) is 2.47. The summed E-state index contributed by atoms with van der Waals surface area (Å²) in [6.45, 7) is 1.60. The molecule has 11 heavy (non-hydrogen) atoms. The van der Waals surface area contributed by atoms with Crippen LogP contribution in [0.25, 0.3) is 0 Å². The van der Waals surface area contributed by atoms with Crippen LogP contribution >= 0.6 is 0 Å². The third kappa shape index (κ3) is 1.65. The van der Waals surface area contributed by atoms with E-state index in [9.17, 15) is 9.59 Å². The summed E-state index contributed by atoms with van der Waals surface area (Å²) >= 11 is 0. The lowest BCUT2D eigenvalue weighted by atomic mass is 10.4. The van der Waals surface area contributed by atoms with Gasteiger partial charge in [0.05, 0.1) is 12.6 Å². The maximum atomic E-state index is 10.8. The molecule has 1 heterocycles. The number of carbonyl (C=O) groups excluding carboxylic acids is 2. The van der Waals surface area contributed by atoms with Gasteiger partial charge in [-0.1, -0.05) is 0 Å². The van der Waals surface area contributed by atoms with Crippen LogP contribution < -0.4 is 0 Å². The summed E-state index contributed by atoms with van der Waals surface area (Å²) < 4.78 is 0. The molecule has 1 aliphatic heterocycles. The van der Waals surface area contributed by atoms with Gasteiger partial charge in [0, 0.05) is 12.2 Å². The van der Waals surface area contributed by atoms with Gasteiger partial charge in [0.15, 0.2) is 0 Å². The van der Waals surface area contributed by atoms with Crippen LogP contribution in [0.3, 0.4) is 0 Å². The van der Waals surface area contributed by atoms with Crippen LogP contribution in [0.4, 0.5) is 0 Å². The minimum Gasteiger partial charge on any atom is -0.392 e. The molecule has 0 aromatic carbocycles. The highest BCUT2D eigenvalue weighted by atomic mass is 16.3. The normalized spacial score (nSPS) is 19.6. The highest BCUT2D eigenvalue weighted by Gasteiger charge is 2.23. The van der Waals surface area contributed by atoms with Gasteiger partial charge in [0.25, 0.3) is 11.8 Å². The average Bonchev–Trinajstić information content (AvgIpc) is 2.18. The van der Waals surface area contributed by atoms with Gasteiger partial charge in [0.2, 0.25) is 0 Å². The van der Waals surface area contributed by atoms with Crippen LogP contribution in [0.5, 0.6) is 0 Å². The molecule has 0 saturated heterocycles. The second-order valence-electron chi connectivity index (χ2n) is 2.47. The first kappa shape index (κ1) is 7.94. The lowest BCUT2D eigenvalue weighted by Gasteiger charge is -2.14. The monoisotopic (exact) mass is 155 g/mol. The van der Waals surface area contributed by atoms with Crippen LogP contribution in [0.2, 0.25) is 0 Å². The van der Waals surface area contributed by atoms with E-state index in [0.717, 1.165) is 4.90 Å². The molecule has 0 aromatic rings. The quantitative estimate of drug-likeness (QED) is 0.536. The molecule has 1 atom stereocenters. The Morgan fingerprint density at radius 3 is 2.27 bits per heavy atom. The van der Waals surface area contributed by atoms with Gasteiger partial charge in [-0.05, 0) is 6.92 Å². The first-order valence-electron chi connectivity index (χ1n) is 3.33. The van der Waals surface area contributed by atoms with Crippen molar-refractivity contribution < 1.29 is 14.7 Å². The van der Waals surface area contributed by atoms with E-state index in [-0.39, 0.29) is 18.4 Å². The number of rotatable bonds is 2. The van der Waals surface area contributed by atoms with Crippen LogP contribution in [0.15, 0.2) is 12.2 Å². The Kier molecular flexibility index (Phi) is 2.05. The number of β-amino-alcohol motifs (C(OH)–C–C–N with tert-alkyl or cyclic N) is 1. The molecule has 1 N–H and O–H groups in total. The van der Waals surface area contributed by atoms with Gasteiger partial charge in [-0.15, -0.1) is 0 Å². The van der Waals surface area contributed by atoms with Crippen molar-refractivity contribution in [2.45, 2.75) is 13.0 Å². The molecule has 0 radical (unpaired) electrons. The molecule has 60 valence electrons. The van der Waals surface area contributed by atoms with Gasteiger partial charge in [0.1, 0.15) is 0 Å². The third-order valence-corrected chi connectivity index (χ3v) is 1.35. The maximum absolute atomic E-state index is 10.8. The van der Waals surface area contributed by atoms with Crippen molar-refractivity contribution in [1.82, 2.24) is 4.90 Å². The Balaban J connectivity index is 2.59. The number of aliphatic hydroxyl groups excluding tert-OH is 1. The summed E-state index contributed by atoms with van der Waals surface area (Å²) in [6.07, 6.45) is 1.73. The van der Waals surface area contributed by atoms with Gasteiger partial charge in [-0.2, -0.15) is 0 Å². The number of carbonyl (C=O) groups is 2. The molecule has 4 nitrogen and oxygen atoms in total. The van der Waals surface area contributed by atoms with Crippen molar-refractivity contribution in [1.29, 1.82) is 0 Å². The summed E-state index contributed by atoms with van der Waals surface area (Å²) in [6, 6.07) is 0. The summed E-state index contributed by atoms with van der Waals surface area (Å²) in [7, 11) is 0. The Bertz CT molecular complexity index is 202. The van der Waals surface area contributed by atoms with Gasteiger partial charge in [-0.25, -0.2) is 0 Å². The molecule has 4 heteroatoms. The van der Waals surface area contributed by atoms with Crippen molar-refractivity contribution in [2.24, 2.45) is 0 Å². The molecule has 0 saturated carbocycles. The molecule has 1 aliphatic rings. The predicted molar refractivity (Wildman–Crippen MR) is 37.5 cm³/mol. The Morgan fingerprint density at radius 2 is 1.91 bits per heavy atom. The summed E-state index contributed by atoms with van der Waals surface area (Å²) in [5.74, 6) is -0.702. The highest BCUT2D eigenvalue weighted by Crippen LogP contribution is 2.03. The maximum Gasteiger partial charge on any atom is 0.253 e. The lowest BCUT2D eigenvalue weighted by molar-refractivity contribution is -0.138. The van der Waals surface area contributed by atoms with Crippen LogP contribution in [0.1, 0.15) is 6.92 Å². The van der Waals surface area contributed by atoms with Crippen molar-refractivity contribution in [3.8, 4) is 0 Å². The number of hydrogen-bond acceptors (Lipinski definition) is 3. The van der Waals surface area contributed by atoms with Gasteiger partial charge in [-0.3, -0.25) is 14.5 Å². The first-order chi connectivity index (χ1) is 5.11. The summed E-state index contributed by atoms with van der Waals surface area (Å²) in [5.41, 5.74) is 0. The minimum absolute atomic E-state index is 0.0741. The Labute approximate surface area is 64.1 Å². The zero-order valence-corrected chi connectivity index (χ0v) is 6.15. The standard InChI is InChI=1S/C7H9NO3/c1-5(9)4-8-6(10)2-3-7(8)11/h2-3,5,9H,4H2,1H3/t5-/m1/s1. The van der Waals surface area contributed by atoms with E-state index in [4.69, 9.17) is 5.11 Å². The predicted octanol–water partition coefficient (Wildman–Crippen LogP) is -0.708. The molecular weight excluding hydrogens is 146 g/mol. The average molecular weight is 155 g/mol. The van der Waals surface area contributed by atoms with E-state index in [0.29, 0.717) is 0 Å². The number of aliphatic hydroxyl groups is 1. The van der Waals surface area contributed by atoms with Crippen LogP contribution in [0, 0.1) is 0 Å². The van der Waals surface area contributed by atoms with Gasteiger partial charge < -0.3 is 5.11 Å². The van der Waals surface area contributed by atoms with Gasteiger partial charge >= 0.3 is 0 Å². The Morgan fingerprint density at radius 1 is 1.45 bits per heavy atom. The zero-order valence-electron chi connectivity index (χ0n) is 6.15. The number of amides is 2. The summed E-state index contributed by atoms with van der Waals surface area (Å²) in [5, 5.41) is 8.87. The van der Waals surface area contributed by atoms with Crippen molar-refractivity contribution >= 4 is 11.8 Å². The number of nitrogens with zero attached hydrogens (tertiary/aromatic N) is 1. The SMILES string of the molecule is C[C@@H](O)CN1C(=O)C=CC1=O. The molecule has 1 rings (SSSR count). The number of hydrogen-bond donors (Lipinski definition) is 1. The summed E-state index contributed by atoms with van der Waals surface area (Å²) in [4.78, 5) is 22.7. The molecule has 2 amide bonds. The van der Waals surface area contributed by atoms with Crippen molar-refractivity contribution in [3.63, 3.8) is 0 Å². The lowest BCUT2D eigenvalue weighted by Crippen LogP contribution is -2.35. The zero-order chi connectivity index (χ0) is 8.43. The van der Waals surface area contributed by atoms with Crippen molar-refractivity contribution in [2.75, 3.05) is 6.54 Å². The van der Waals surface area contributed by atoms with Crippen LogP contribution in [-0.4, -0.2) is 34.5 Å². The van der Waals surface area contributed by atoms with E-state index in [1.165, 1.54) is 19.1 Å². The van der Waals surface area contributed by atoms with Crippen molar-refractivity contribution in [3.05, 3.63) is 12.2 Å². The fourth-order valence-corrected chi connectivity index (χ4v) is 0.875. The molecule has 0 aliphatic carbocycles. The smallest absolute Gasteiger partial charge is 0.253 e. The number of imide groups is 1. The topological polar surface area (TPSA) is 57.6 Å². The van der Waals surface area contributed by atoms with E-state index >= 15 is 0 Å². The fraction of sp³-hybridized carbons (Fsp3) is 0.429.